The van der Waals surface area contributed by atoms with E-state index >= 15 is 0 Å². The van der Waals surface area contributed by atoms with E-state index in [0.29, 0.717) is 24.5 Å². The van der Waals surface area contributed by atoms with Crippen molar-refractivity contribution >= 4 is 38.1 Å². The molecule has 0 saturated carbocycles. The van der Waals surface area contributed by atoms with Gasteiger partial charge in [0.2, 0.25) is 0 Å². The van der Waals surface area contributed by atoms with Crippen LogP contribution in [-0.2, 0) is 0 Å². The molecule has 0 bridgehead atoms. The number of benzene rings is 2. The largest absolute Gasteiger partial charge is 0.490 e. The normalized spacial score (nSPS) is 10.1. The Balaban J connectivity index is 1.83. The molecule has 0 radical (unpaired) electrons. The van der Waals surface area contributed by atoms with E-state index in [-0.39, 0.29) is 0 Å². The van der Waals surface area contributed by atoms with Gasteiger partial charge in [-0.3, -0.25) is 4.79 Å². The molecule has 0 N–H and O–H groups in total. The molecule has 0 saturated heterocycles. The second-order valence-electron chi connectivity index (χ2n) is 3.96. The van der Waals surface area contributed by atoms with E-state index in [1.54, 1.807) is 18.2 Å². The highest BCUT2D eigenvalue weighted by Gasteiger charge is 2.01. The Hall–Kier alpha value is -1.33. The van der Waals surface area contributed by atoms with E-state index < -0.39 is 0 Å². The quantitative estimate of drug-likeness (QED) is 0.530. The van der Waals surface area contributed by atoms with Crippen molar-refractivity contribution in [3.05, 3.63) is 57.0 Å². The molecule has 0 aliphatic carbocycles. The molecular weight excluding hydrogens is 388 g/mol. The van der Waals surface area contributed by atoms with Crippen molar-refractivity contribution in [3.63, 3.8) is 0 Å². The molecule has 0 unspecified atom stereocenters. The molecule has 0 heterocycles. The number of carbonyl (C=O) groups is 1. The minimum Gasteiger partial charge on any atom is -0.490 e. The summed E-state index contributed by atoms with van der Waals surface area (Å²) in [5.74, 6) is 1.43. The summed E-state index contributed by atoms with van der Waals surface area (Å²) >= 11 is 6.68. The van der Waals surface area contributed by atoms with E-state index in [1.807, 2.05) is 24.3 Å². The van der Waals surface area contributed by atoms with E-state index in [4.69, 9.17) is 9.47 Å². The maximum absolute atomic E-state index is 10.8. The van der Waals surface area contributed by atoms with Gasteiger partial charge in [0.05, 0.1) is 0 Å². The number of hydrogen-bond donors (Lipinski definition) is 0. The third kappa shape index (κ3) is 4.35. The molecule has 0 spiro atoms. The first-order valence-corrected chi connectivity index (χ1v) is 7.53. The summed E-state index contributed by atoms with van der Waals surface area (Å²) in [5.41, 5.74) is 0.565. The lowest BCUT2D eigenvalue weighted by molar-refractivity contribution is 0.112. The second-order valence-corrected chi connectivity index (χ2v) is 5.73. The smallest absolute Gasteiger partial charge is 0.151 e. The van der Waals surface area contributed by atoms with Gasteiger partial charge in [-0.05, 0) is 36.4 Å². The highest BCUT2D eigenvalue weighted by atomic mass is 79.9. The first-order valence-electron chi connectivity index (χ1n) is 5.95. The zero-order valence-corrected chi connectivity index (χ0v) is 13.7. The molecule has 0 fully saturated rings. The lowest BCUT2D eigenvalue weighted by Gasteiger charge is -2.09. The van der Waals surface area contributed by atoms with Gasteiger partial charge in [0, 0.05) is 14.5 Å². The molecule has 5 heteroatoms. The lowest BCUT2D eigenvalue weighted by atomic mass is 10.2. The predicted octanol–water partition coefficient (Wildman–Crippen LogP) is 4.48. The average molecular weight is 400 g/mol. The number of aldehydes is 1. The van der Waals surface area contributed by atoms with Crippen molar-refractivity contribution in [3.8, 4) is 11.5 Å². The van der Waals surface area contributed by atoms with Gasteiger partial charge in [0.25, 0.3) is 0 Å². The van der Waals surface area contributed by atoms with Crippen molar-refractivity contribution < 1.29 is 14.3 Å². The molecule has 0 atom stereocenters. The van der Waals surface area contributed by atoms with Gasteiger partial charge in [0.1, 0.15) is 24.7 Å². The first kappa shape index (κ1) is 15.1. The van der Waals surface area contributed by atoms with Crippen LogP contribution in [0.25, 0.3) is 0 Å². The van der Waals surface area contributed by atoms with E-state index in [2.05, 4.69) is 31.9 Å². The summed E-state index contributed by atoms with van der Waals surface area (Å²) in [4.78, 5) is 10.8. The number of rotatable bonds is 6. The molecule has 3 nitrogen and oxygen atoms in total. The molecule has 20 heavy (non-hydrogen) atoms. The zero-order chi connectivity index (χ0) is 14.4. The van der Waals surface area contributed by atoms with Gasteiger partial charge >= 0.3 is 0 Å². The van der Waals surface area contributed by atoms with Crippen LogP contribution < -0.4 is 9.47 Å². The van der Waals surface area contributed by atoms with E-state index in [0.717, 1.165) is 21.0 Å². The SMILES string of the molecule is O=Cc1cc(OCCOc2cccc(Br)c2)ccc1Br. The van der Waals surface area contributed by atoms with E-state index in [9.17, 15) is 4.79 Å². The van der Waals surface area contributed by atoms with Crippen molar-refractivity contribution in [2.45, 2.75) is 0 Å². The van der Waals surface area contributed by atoms with Crippen molar-refractivity contribution in [2.75, 3.05) is 13.2 Å². The monoisotopic (exact) mass is 398 g/mol. The first-order chi connectivity index (χ1) is 9.69. The lowest BCUT2D eigenvalue weighted by Crippen LogP contribution is -2.09. The van der Waals surface area contributed by atoms with Crippen LogP contribution in [0.5, 0.6) is 11.5 Å². The third-order valence-electron chi connectivity index (χ3n) is 2.51. The Morgan fingerprint density at radius 2 is 1.65 bits per heavy atom. The van der Waals surface area contributed by atoms with Gasteiger partial charge in [-0.15, -0.1) is 0 Å². The van der Waals surface area contributed by atoms with Gasteiger partial charge < -0.3 is 9.47 Å². The molecule has 104 valence electrons. The highest BCUT2D eigenvalue weighted by molar-refractivity contribution is 9.10. The zero-order valence-electron chi connectivity index (χ0n) is 10.5. The Morgan fingerprint density at radius 1 is 0.950 bits per heavy atom. The number of hydrogen-bond acceptors (Lipinski definition) is 3. The molecular formula is C15H12Br2O3. The molecule has 2 aromatic carbocycles. The Kier molecular flexibility index (Phi) is 5.61. The van der Waals surface area contributed by atoms with Gasteiger partial charge in [-0.25, -0.2) is 0 Å². The van der Waals surface area contributed by atoms with Crippen LogP contribution in [0.3, 0.4) is 0 Å². The standard InChI is InChI=1S/C15H12Br2O3/c16-12-2-1-3-13(9-12)19-6-7-20-14-4-5-15(17)11(8-14)10-18/h1-5,8-10H,6-7H2. The van der Waals surface area contributed by atoms with Crippen LogP contribution in [0.15, 0.2) is 51.4 Å². The maximum Gasteiger partial charge on any atom is 0.151 e. The number of halogens is 2. The van der Waals surface area contributed by atoms with Crippen LogP contribution >= 0.6 is 31.9 Å². The summed E-state index contributed by atoms with van der Waals surface area (Å²) in [7, 11) is 0. The van der Waals surface area contributed by atoms with Crippen molar-refractivity contribution in [2.24, 2.45) is 0 Å². The fraction of sp³-hybridized carbons (Fsp3) is 0.133. The van der Waals surface area contributed by atoms with Crippen LogP contribution in [0.1, 0.15) is 10.4 Å². The average Bonchev–Trinajstić information content (AvgIpc) is 2.45. The maximum atomic E-state index is 10.8. The topological polar surface area (TPSA) is 35.5 Å². The second kappa shape index (κ2) is 7.45. The summed E-state index contributed by atoms with van der Waals surface area (Å²) in [6.45, 7) is 0.843. The molecule has 0 aromatic heterocycles. The minimum absolute atomic E-state index is 0.409. The molecule has 2 aromatic rings. The third-order valence-corrected chi connectivity index (χ3v) is 3.73. The molecule has 0 aliphatic heterocycles. The van der Waals surface area contributed by atoms with Crippen LogP contribution in [-0.4, -0.2) is 19.5 Å². The van der Waals surface area contributed by atoms with Gasteiger partial charge in [-0.1, -0.05) is 37.9 Å². The fourth-order valence-corrected chi connectivity index (χ4v) is 2.30. The van der Waals surface area contributed by atoms with Gasteiger partial charge in [0.15, 0.2) is 6.29 Å². The van der Waals surface area contributed by atoms with Gasteiger partial charge in [-0.2, -0.15) is 0 Å². The molecule has 0 aliphatic rings. The van der Waals surface area contributed by atoms with Crippen LogP contribution in [0, 0.1) is 0 Å². The predicted molar refractivity (Wildman–Crippen MR) is 84.7 cm³/mol. The Bertz CT molecular complexity index is 599. The minimum atomic E-state index is 0.409. The highest BCUT2D eigenvalue weighted by Crippen LogP contribution is 2.21. The summed E-state index contributed by atoms with van der Waals surface area (Å²) < 4.78 is 12.8. The van der Waals surface area contributed by atoms with Crippen LogP contribution in [0.2, 0.25) is 0 Å². The fourth-order valence-electron chi connectivity index (χ4n) is 1.58. The summed E-state index contributed by atoms with van der Waals surface area (Å²) in [6.07, 6.45) is 0.787. The number of carbonyl (C=O) groups excluding carboxylic acids is 1. The van der Waals surface area contributed by atoms with Crippen molar-refractivity contribution in [1.82, 2.24) is 0 Å². The van der Waals surface area contributed by atoms with Crippen LogP contribution in [0.4, 0.5) is 0 Å². The number of ether oxygens (including phenoxy) is 2. The Labute approximate surface area is 134 Å². The molecule has 0 amide bonds. The summed E-state index contributed by atoms with van der Waals surface area (Å²) in [6, 6.07) is 12.9. The Morgan fingerprint density at radius 3 is 2.30 bits per heavy atom. The van der Waals surface area contributed by atoms with Crippen molar-refractivity contribution in [1.29, 1.82) is 0 Å². The molecule has 2 rings (SSSR count). The summed E-state index contributed by atoms with van der Waals surface area (Å²) in [5, 5.41) is 0. The van der Waals surface area contributed by atoms with E-state index in [1.165, 1.54) is 0 Å².